The van der Waals surface area contributed by atoms with Crippen LogP contribution in [0.4, 0.5) is 0 Å². The van der Waals surface area contributed by atoms with Gasteiger partial charge in [-0.1, -0.05) is 18.2 Å². The van der Waals surface area contributed by atoms with Crippen molar-refractivity contribution in [2.24, 2.45) is 5.73 Å². The van der Waals surface area contributed by atoms with Gasteiger partial charge in [0.1, 0.15) is 0 Å². The van der Waals surface area contributed by atoms with Crippen molar-refractivity contribution in [3.8, 4) is 0 Å². The fourth-order valence-corrected chi connectivity index (χ4v) is 3.96. The Labute approximate surface area is 124 Å². The number of nitrogens with two attached hydrogens (primary N) is 1. The maximum absolute atomic E-state index is 5.56. The predicted octanol–water partition coefficient (Wildman–Crippen LogP) is 3.21. The van der Waals surface area contributed by atoms with Gasteiger partial charge in [0, 0.05) is 11.3 Å². The summed E-state index contributed by atoms with van der Waals surface area (Å²) in [5, 5.41) is 1.37. The van der Waals surface area contributed by atoms with E-state index in [9.17, 15) is 0 Å². The highest BCUT2D eigenvalue weighted by Gasteiger charge is 2.23. The van der Waals surface area contributed by atoms with Gasteiger partial charge in [0.25, 0.3) is 0 Å². The predicted molar refractivity (Wildman–Crippen MR) is 86.3 cm³/mol. The van der Waals surface area contributed by atoms with Crippen LogP contribution in [0.15, 0.2) is 24.3 Å². The molecule has 0 unspecified atom stereocenters. The van der Waals surface area contributed by atoms with Crippen LogP contribution in [0.5, 0.6) is 0 Å². The number of nitrogens with zero attached hydrogens (tertiary/aromatic N) is 2. The molecule has 1 aromatic heterocycles. The van der Waals surface area contributed by atoms with E-state index in [4.69, 9.17) is 10.1 Å². The second-order valence-electron chi connectivity index (χ2n) is 5.68. The third-order valence-corrected chi connectivity index (χ3v) is 5.15. The van der Waals surface area contributed by atoms with Crippen LogP contribution in [0.25, 0.3) is 10.1 Å². The molecule has 20 heavy (non-hydrogen) atoms. The highest BCUT2D eigenvalue weighted by atomic mass is 32.1. The average molecular weight is 289 g/mol. The zero-order valence-electron chi connectivity index (χ0n) is 11.9. The first-order valence-electron chi connectivity index (χ1n) is 7.65. The molecule has 3 nitrogen and oxygen atoms in total. The van der Waals surface area contributed by atoms with Gasteiger partial charge < -0.3 is 10.6 Å². The summed E-state index contributed by atoms with van der Waals surface area (Å²) in [5.41, 5.74) is 6.90. The van der Waals surface area contributed by atoms with Crippen LogP contribution in [0, 0.1) is 0 Å². The largest absolute Gasteiger partial charge is 0.330 e. The average Bonchev–Trinajstić information content (AvgIpc) is 2.92. The lowest BCUT2D eigenvalue weighted by molar-refractivity contribution is 0.208. The Morgan fingerprint density at radius 3 is 2.80 bits per heavy atom. The second-order valence-corrected chi connectivity index (χ2v) is 6.48. The topological polar surface area (TPSA) is 42.1 Å². The molecule has 0 aliphatic carbocycles. The first-order chi connectivity index (χ1) is 9.88. The number of fused-ring (bicyclic) bond motifs is 1. The van der Waals surface area contributed by atoms with E-state index >= 15 is 0 Å². The maximum Gasteiger partial charge on any atom is 0.0652 e. The van der Waals surface area contributed by atoms with Crippen molar-refractivity contribution in [1.29, 1.82) is 0 Å². The number of likely N-dealkylation sites (tertiary alicyclic amines) is 1. The van der Waals surface area contributed by atoms with E-state index in [1.54, 1.807) is 11.5 Å². The molecule has 1 aliphatic heterocycles. The summed E-state index contributed by atoms with van der Waals surface area (Å²) in [7, 11) is 0. The third kappa shape index (κ3) is 3.03. The smallest absolute Gasteiger partial charge is 0.0652 e. The summed E-state index contributed by atoms with van der Waals surface area (Å²) >= 11 is 1.65. The molecule has 2 N–H and O–H groups in total. The van der Waals surface area contributed by atoms with Crippen molar-refractivity contribution in [2.45, 2.75) is 31.6 Å². The van der Waals surface area contributed by atoms with Crippen molar-refractivity contribution >= 4 is 21.6 Å². The molecule has 0 amide bonds. The van der Waals surface area contributed by atoms with Gasteiger partial charge in [-0.3, -0.25) is 0 Å². The quantitative estimate of drug-likeness (QED) is 0.859. The van der Waals surface area contributed by atoms with Gasteiger partial charge in [-0.05, 0) is 69.5 Å². The van der Waals surface area contributed by atoms with Gasteiger partial charge in [0.15, 0.2) is 0 Å². The molecule has 0 saturated carbocycles. The molecule has 3 rings (SSSR count). The summed E-state index contributed by atoms with van der Waals surface area (Å²) in [6, 6.07) is 8.63. The Balaban J connectivity index is 1.60. The van der Waals surface area contributed by atoms with Crippen molar-refractivity contribution in [3.63, 3.8) is 0 Å². The molecule has 1 saturated heterocycles. The Hall–Kier alpha value is -0.970. The molecule has 2 heterocycles. The molecular weight excluding hydrogens is 266 g/mol. The first-order valence-corrected chi connectivity index (χ1v) is 8.42. The lowest BCUT2D eigenvalue weighted by Crippen LogP contribution is -2.34. The van der Waals surface area contributed by atoms with Crippen LogP contribution in [0.3, 0.4) is 0 Å². The number of hydrogen-bond acceptors (Lipinski definition) is 4. The van der Waals surface area contributed by atoms with Crippen LogP contribution < -0.4 is 5.73 Å². The molecule has 0 radical (unpaired) electrons. The Bertz CT molecular complexity index is 543. The fraction of sp³-hybridized carbons (Fsp3) is 0.562. The van der Waals surface area contributed by atoms with Crippen LogP contribution in [-0.2, 0) is 0 Å². The van der Waals surface area contributed by atoms with Crippen LogP contribution in [0.1, 0.15) is 37.3 Å². The van der Waals surface area contributed by atoms with E-state index in [2.05, 4.69) is 29.2 Å². The highest BCUT2D eigenvalue weighted by molar-refractivity contribution is 7.13. The first kappa shape index (κ1) is 14.0. The van der Waals surface area contributed by atoms with E-state index in [0.717, 1.165) is 13.0 Å². The van der Waals surface area contributed by atoms with Gasteiger partial charge >= 0.3 is 0 Å². The molecule has 0 atom stereocenters. The Morgan fingerprint density at radius 1 is 1.20 bits per heavy atom. The number of aromatic nitrogens is 1. The van der Waals surface area contributed by atoms with Gasteiger partial charge in [0.2, 0.25) is 0 Å². The standard InChI is InChI=1S/C16H23N3S/c17-9-3-4-10-19-11-7-13(8-12-19)16-14-5-1-2-6-15(14)20-18-16/h1-2,5-6,13H,3-4,7-12,17H2. The van der Waals surface area contributed by atoms with E-state index < -0.39 is 0 Å². The van der Waals surface area contributed by atoms with Crippen LogP contribution in [0.2, 0.25) is 0 Å². The van der Waals surface area contributed by atoms with Crippen LogP contribution >= 0.6 is 11.5 Å². The lowest BCUT2D eigenvalue weighted by Gasteiger charge is -2.31. The molecule has 1 aliphatic rings. The molecule has 0 spiro atoms. The number of rotatable bonds is 5. The minimum Gasteiger partial charge on any atom is -0.330 e. The second kappa shape index (κ2) is 6.66. The van der Waals surface area contributed by atoms with E-state index in [-0.39, 0.29) is 0 Å². The van der Waals surface area contributed by atoms with Gasteiger partial charge in [0.05, 0.1) is 10.4 Å². The molecule has 1 fully saturated rings. The fourth-order valence-electron chi connectivity index (χ4n) is 3.11. The van der Waals surface area contributed by atoms with E-state index in [0.29, 0.717) is 5.92 Å². The minimum absolute atomic E-state index is 0.650. The molecule has 1 aromatic carbocycles. The Kier molecular flexibility index (Phi) is 4.65. The number of unbranched alkanes of at least 4 members (excludes halogenated alkanes) is 1. The van der Waals surface area contributed by atoms with Gasteiger partial charge in [-0.15, -0.1) is 0 Å². The van der Waals surface area contributed by atoms with Crippen molar-refractivity contribution in [1.82, 2.24) is 9.27 Å². The monoisotopic (exact) mass is 289 g/mol. The number of benzene rings is 1. The zero-order valence-corrected chi connectivity index (χ0v) is 12.7. The number of hydrogen-bond donors (Lipinski definition) is 1. The van der Waals surface area contributed by atoms with Crippen molar-refractivity contribution in [2.75, 3.05) is 26.2 Å². The summed E-state index contributed by atoms with van der Waals surface area (Å²) in [5.74, 6) is 0.650. The summed E-state index contributed by atoms with van der Waals surface area (Å²) in [6.07, 6.45) is 4.88. The summed E-state index contributed by atoms with van der Waals surface area (Å²) < 4.78 is 6.05. The normalized spacial score (nSPS) is 17.9. The van der Waals surface area contributed by atoms with Crippen molar-refractivity contribution in [3.05, 3.63) is 30.0 Å². The molecular formula is C16H23N3S. The van der Waals surface area contributed by atoms with Gasteiger partial charge in [-0.2, -0.15) is 4.37 Å². The summed E-state index contributed by atoms with van der Waals surface area (Å²) in [4.78, 5) is 2.58. The Morgan fingerprint density at radius 2 is 2.00 bits per heavy atom. The molecule has 2 aromatic rings. The lowest BCUT2D eigenvalue weighted by atomic mass is 9.91. The van der Waals surface area contributed by atoms with Gasteiger partial charge in [-0.25, -0.2) is 0 Å². The van der Waals surface area contributed by atoms with E-state index in [1.165, 1.54) is 54.7 Å². The van der Waals surface area contributed by atoms with E-state index in [1.807, 2.05) is 0 Å². The molecule has 108 valence electrons. The molecule has 4 heteroatoms. The highest BCUT2D eigenvalue weighted by Crippen LogP contribution is 2.34. The summed E-state index contributed by atoms with van der Waals surface area (Å²) in [6.45, 7) is 4.45. The third-order valence-electron chi connectivity index (χ3n) is 4.31. The number of piperidine rings is 1. The van der Waals surface area contributed by atoms with Crippen LogP contribution in [-0.4, -0.2) is 35.5 Å². The zero-order chi connectivity index (χ0) is 13.8. The maximum atomic E-state index is 5.56. The molecule has 0 bridgehead atoms. The van der Waals surface area contributed by atoms with Crippen molar-refractivity contribution < 1.29 is 0 Å². The minimum atomic E-state index is 0.650. The SMILES string of the molecule is NCCCCN1CCC(c2nsc3ccccc23)CC1.